The van der Waals surface area contributed by atoms with Crippen LogP contribution < -0.4 is 11.1 Å². The molecule has 0 aliphatic rings. The summed E-state index contributed by atoms with van der Waals surface area (Å²) in [4.78, 5) is 11.1. The molecule has 1 aromatic carbocycles. The second-order valence-electron chi connectivity index (χ2n) is 4.32. The van der Waals surface area contributed by atoms with E-state index >= 15 is 0 Å². The maximum atomic E-state index is 11.1. The van der Waals surface area contributed by atoms with E-state index in [4.69, 9.17) is 5.73 Å². The second-order valence-corrected chi connectivity index (χ2v) is 4.32. The minimum absolute atomic E-state index is 0.0446. The fraction of sp³-hybridized carbons (Fsp3) is 0.462. The van der Waals surface area contributed by atoms with Crippen molar-refractivity contribution in [2.75, 3.05) is 6.54 Å². The molecule has 0 aromatic heterocycles. The summed E-state index contributed by atoms with van der Waals surface area (Å²) in [6.45, 7) is 6.97. The van der Waals surface area contributed by atoms with Gasteiger partial charge in [-0.05, 0) is 29.5 Å². The fourth-order valence-electron chi connectivity index (χ4n) is 1.51. The number of hydrogen-bond donors (Lipinski definition) is 2. The largest absolute Gasteiger partial charge is 0.351 e. The number of aryl methyl sites for hydroxylation is 1. The monoisotopic (exact) mass is 220 g/mol. The minimum atomic E-state index is -0.116. The van der Waals surface area contributed by atoms with Crippen molar-refractivity contribution < 1.29 is 4.79 Å². The molecular formula is C13H20N2O. The van der Waals surface area contributed by atoms with Crippen LogP contribution >= 0.6 is 0 Å². The van der Waals surface area contributed by atoms with E-state index in [9.17, 15) is 4.79 Å². The third-order valence-corrected chi connectivity index (χ3v) is 2.70. The molecule has 0 heterocycles. The third-order valence-electron chi connectivity index (χ3n) is 2.70. The van der Waals surface area contributed by atoms with Crippen molar-refractivity contribution in [1.82, 2.24) is 5.32 Å². The molecule has 88 valence electrons. The number of benzene rings is 1. The van der Waals surface area contributed by atoms with Gasteiger partial charge in [0.2, 0.25) is 5.91 Å². The SMILES string of the molecule is Cc1ccc(C(C)C)cc1CNC(=O)CN. The minimum Gasteiger partial charge on any atom is -0.351 e. The lowest BCUT2D eigenvalue weighted by molar-refractivity contribution is -0.119. The summed E-state index contributed by atoms with van der Waals surface area (Å²) < 4.78 is 0. The molecule has 0 atom stereocenters. The Morgan fingerprint density at radius 1 is 1.44 bits per heavy atom. The maximum Gasteiger partial charge on any atom is 0.234 e. The molecule has 0 unspecified atom stereocenters. The van der Waals surface area contributed by atoms with Gasteiger partial charge < -0.3 is 11.1 Å². The normalized spacial score (nSPS) is 10.6. The first-order valence-corrected chi connectivity index (χ1v) is 5.60. The Kier molecular flexibility index (Phi) is 4.50. The van der Waals surface area contributed by atoms with Gasteiger partial charge in [0.1, 0.15) is 0 Å². The quantitative estimate of drug-likeness (QED) is 0.811. The van der Waals surface area contributed by atoms with Crippen molar-refractivity contribution in [3.63, 3.8) is 0 Å². The van der Waals surface area contributed by atoms with E-state index in [2.05, 4.69) is 37.4 Å². The highest BCUT2D eigenvalue weighted by molar-refractivity contribution is 5.77. The van der Waals surface area contributed by atoms with Crippen LogP contribution in [0.3, 0.4) is 0 Å². The van der Waals surface area contributed by atoms with Gasteiger partial charge in [0.15, 0.2) is 0 Å². The Morgan fingerprint density at radius 2 is 2.12 bits per heavy atom. The van der Waals surface area contributed by atoms with E-state index in [1.807, 2.05) is 6.92 Å². The summed E-state index contributed by atoms with van der Waals surface area (Å²) in [6.07, 6.45) is 0. The van der Waals surface area contributed by atoms with E-state index in [1.165, 1.54) is 11.1 Å². The van der Waals surface area contributed by atoms with Crippen LogP contribution in [0.2, 0.25) is 0 Å². The number of carbonyl (C=O) groups excluding carboxylic acids is 1. The van der Waals surface area contributed by atoms with Crippen LogP contribution in [0.5, 0.6) is 0 Å². The number of carbonyl (C=O) groups is 1. The molecule has 16 heavy (non-hydrogen) atoms. The Hall–Kier alpha value is -1.35. The van der Waals surface area contributed by atoms with Crippen molar-refractivity contribution in [3.05, 3.63) is 34.9 Å². The van der Waals surface area contributed by atoms with Crippen LogP contribution in [0.15, 0.2) is 18.2 Å². The molecule has 0 aliphatic carbocycles. The van der Waals surface area contributed by atoms with Crippen molar-refractivity contribution in [3.8, 4) is 0 Å². The van der Waals surface area contributed by atoms with Crippen LogP contribution in [-0.2, 0) is 11.3 Å². The molecule has 0 saturated heterocycles. The smallest absolute Gasteiger partial charge is 0.234 e. The van der Waals surface area contributed by atoms with Crippen LogP contribution in [-0.4, -0.2) is 12.5 Å². The van der Waals surface area contributed by atoms with Gasteiger partial charge in [0.05, 0.1) is 6.54 Å². The van der Waals surface area contributed by atoms with E-state index in [-0.39, 0.29) is 12.5 Å². The van der Waals surface area contributed by atoms with Gasteiger partial charge >= 0.3 is 0 Å². The highest BCUT2D eigenvalue weighted by atomic mass is 16.1. The van der Waals surface area contributed by atoms with E-state index in [1.54, 1.807) is 0 Å². The first kappa shape index (κ1) is 12.7. The Morgan fingerprint density at radius 3 is 2.69 bits per heavy atom. The lowest BCUT2D eigenvalue weighted by Gasteiger charge is -2.11. The van der Waals surface area contributed by atoms with Gasteiger partial charge in [-0.1, -0.05) is 32.0 Å². The van der Waals surface area contributed by atoms with Crippen molar-refractivity contribution in [2.45, 2.75) is 33.2 Å². The summed E-state index contributed by atoms with van der Waals surface area (Å²) in [7, 11) is 0. The summed E-state index contributed by atoms with van der Waals surface area (Å²) in [5.41, 5.74) is 8.89. The van der Waals surface area contributed by atoms with Crippen LogP contribution in [0.25, 0.3) is 0 Å². The zero-order valence-corrected chi connectivity index (χ0v) is 10.2. The summed E-state index contributed by atoms with van der Waals surface area (Å²) >= 11 is 0. The van der Waals surface area contributed by atoms with Gasteiger partial charge in [0, 0.05) is 6.54 Å². The molecule has 1 aromatic rings. The summed E-state index contributed by atoms with van der Waals surface area (Å²) in [6, 6.07) is 6.38. The Balaban J connectivity index is 2.78. The number of nitrogens with one attached hydrogen (secondary N) is 1. The van der Waals surface area contributed by atoms with Crippen molar-refractivity contribution >= 4 is 5.91 Å². The van der Waals surface area contributed by atoms with Crippen LogP contribution in [0.1, 0.15) is 36.5 Å². The predicted molar refractivity (Wildman–Crippen MR) is 66.2 cm³/mol. The van der Waals surface area contributed by atoms with E-state index in [0.717, 1.165) is 5.56 Å². The highest BCUT2D eigenvalue weighted by Crippen LogP contribution is 2.18. The predicted octanol–water partition coefficient (Wildman–Crippen LogP) is 1.69. The first-order valence-electron chi connectivity index (χ1n) is 5.60. The molecule has 3 heteroatoms. The van der Waals surface area contributed by atoms with E-state index < -0.39 is 0 Å². The average Bonchev–Trinajstić information content (AvgIpc) is 2.27. The molecule has 0 spiro atoms. The zero-order valence-electron chi connectivity index (χ0n) is 10.2. The van der Waals surface area contributed by atoms with Crippen LogP contribution in [0.4, 0.5) is 0 Å². The topological polar surface area (TPSA) is 55.1 Å². The maximum absolute atomic E-state index is 11.1. The lowest BCUT2D eigenvalue weighted by atomic mass is 9.98. The molecule has 1 rings (SSSR count). The molecule has 1 amide bonds. The van der Waals surface area contributed by atoms with Crippen molar-refractivity contribution in [1.29, 1.82) is 0 Å². The summed E-state index contributed by atoms with van der Waals surface area (Å²) in [5, 5.41) is 2.79. The Labute approximate surface area is 97.0 Å². The first-order chi connectivity index (χ1) is 7.54. The molecule has 3 N–H and O–H groups in total. The van der Waals surface area contributed by atoms with Gasteiger partial charge in [-0.3, -0.25) is 4.79 Å². The van der Waals surface area contributed by atoms with Crippen molar-refractivity contribution in [2.24, 2.45) is 5.73 Å². The molecule has 0 aliphatic heterocycles. The second kappa shape index (κ2) is 5.66. The lowest BCUT2D eigenvalue weighted by Crippen LogP contribution is -2.29. The van der Waals surface area contributed by atoms with Gasteiger partial charge in [-0.2, -0.15) is 0 Å². The summed E-state index contributed by atoms with van der Waals surface area (Å²) in [5.74, 6) is 0.388. The van der Waals surface area contributed by atoms with Gasteiger partial charge in [-0.25, -0.2) is 0 Å². The molecule has 3 nitrogen and oxygen atoms in total. The fourth-order valence-corrected chi connectivity index (χ4v) is 1.51. The molecular weight excluding hydrogens is 200 g/mol. The zero-order chi connectivity index (χ0) is 12.1. The molecule has 0 radical (unpaired) electrons. The van der Waals surface area contributed by atoms with Gasteiger partial charge in [-0.15, -0.1) is 0 Å². The van der Waals surface area contributed by atoms with Gasteiger partial charge in [0.25, 0.3) is 0 Å². The molecule has 0 saturated carbocycles. The van der Waals surface area contributed by atoms with E-state index in [0.29, 0.717) is 12.5 Å². The number of hydrogen-bond acceptors (Lipinski definition) is 2. The average molecular weight is 220 g/mol. The Bertz CT molecular complexity index is 372. The third kappa shape index (κ3) is 3.35. The highest BCUT2D eigenvalue weighted by Gasteiger charge is 2.04. The number of rotatable bonds is 4. The standard InChI is InChI=1S/C13H20N2O/c1-9(2)11-5-4-10(3)12(6-11)8-15-13(16)7-14/h4-6,9H,7-8,14H2,1-3H3,(H,15,16). The molecule has 0 fully saturated rings. The molecule has 0 bridgehead atoms. The van der Waals surface area contributed by atoms with Crippen LogP contribution in [0, 0.1) is 6.92 Å². The number of amides is 1. The number of nitrogens with two attached hydrogens (primary N) is 1.